The van der Waals surface area contributed by atoms with Gasteiger partial charge in [-0.15, -0.1) is 0 Å². The largest absolute Gasteiger partial charge is 0.433 e. The molecule has 1 aromatic heterocycles. The molecule has 0 aliphatic carbocycles. The van der Waals surface area contributed by atoms with E-state index in [4.69, 9.17) is 28.9 Å². The van der Waals surface area contributed by atoms with Gasteiger partial charge in [0, 0.05) is 25.2 Å². The minimum Gasteiger partial charge on any atom is -0.368 e. The van der Waals surface area contributed by atoms with E-state index in [-0.39, 0.29) is 22.9 Å². The average molecular weight is 494 g/mol. The number of benzene rings is 1. The first-order valence-corrected chi connectivity index (χ1v) is 11.8. The fourth-order valence-electron chi connectivity index (χ4n) is 3.58. The molecule has 0 spiro atoms. The Balaban J connectivity index is 1.51. The van der Waals surface area contributed by atoms with Crippen molar-refractivity contribution in [3.8, 4) is 0 Å². The normalized spacial score (nSPS) is 17.0. The molecule has 0 saturated carbocycles. The summed E-state index contributed by atoms with van der Waals surface area (Å²) >= 11 is 13.1. The van der Waals surface area contributed by atoms with Crippen LogP contribution in [0.4, 0.5) is 19.0 Å². The van der Waals surface area contributed by atoms with Gasteiger partial charge in [-0.1, -0.05) is 41.0 Å². The molecule has 0 bridgehead atoms. The van der Waals surface area contributed by atoms with E-state index >= 15 is 0 Å². The molecule has 5 nitrogen and oxygen atoms in total. The number of rotatable bonds is 7. The highest BCUT2D eigenvalue weighted by Crippen LogP contribution is 2.30. The summed E-state index contributed by atoms with van der Waals surface area (Å²) in [5.74, 6) is 0.417. The number of thioether (sulfide) groups is 1. The molecule has 2 heterocycles. The highest BCUT2D eigenvalue weighted by molar-refractivity contribution is 7.98. The van der Waals surface area contributed by atoms with Crippen molar-refractivity contribution in [3.05, 3.63) is 45.6 Å². The van der Waals surface area contributed by atoms with Crippen LogP contribution in [0.3, 0.4) is 0 Å². The second-order valence-electron chi connectivity index (χ2n) is 7.53. The smallest absolute Gasteiger partial charge is 0.368 e. The molecule has 1 aliphatic rings. The van der Waals surface area contributed by atoms with Gasteiger partial charge in [0.2, 0.25) is 0 Å². The van der Waals surface area contributed by atoms with Gasteiger partial charge in [0.25, 0.3) is 0 Å². The maximum absolute atomic E-state index is 13.0. The lowest BCUT2D eigenvalue weighted by molar-refractivity contribution is -0.141. The Hall–Kier alpha value is -1.26. The predicted octanol–water partition coefficient (Wildman–Crippen LogP) is 5.18. The Kier molecular flexibility index (Phi) is 8.31. The quantitative estimate of drug-likeness (QED) is 0.409. The lowest BCUT2D eigenvalue weighted by atomic mass is 9.89. The molecular formula is C20H24Cl2F3N5S. The number of hydrogen-bond donors (Lipinski definition) is 2. The molecule has 2 aromatic rings. The minimum absolute atomic E-state index is 0.0708. The second-order valence-corrected chi connectivity index (χ2v) is 9.12. The summed E-state index contributed by atoms with van der Waals surface area (Å²) in [6, 6.07) is 6.38. The summed E-state index contributed by atoms with van der Waals surface area (Å²) in [4.78, 5) is 9.97. The molecule has 1 atom stereocenters. The first-order valence-electron chi connectivity index (χ1n) is 9.81. The lowest BCUT2D eigenvalue weighted by Crippen LogP contribution is -2.43. The zero-order valence-electron chi connectivity index (χ0n) is 16.9. The topological polar surface area (TPSA) is 67.1 Å². The molecule has 11 heteroatoms. The molecule has 170 valence electrons. The molecule has 0 amide bonds. The van der Waals surface area contributed by atoms with Gasteiger partial charge in [-0.3, -0.25) is 4.90 Å². The summed E-state index contributed by atoms with van der Waals surface area (Å²) in [6.07, 6.45) is -1.06. The summed E-state index contributed by atoms with van der Waals surface area (Å²) < 4.78 is 39.1. The van der Waals surface area contributed by atoms with Gasteiger partial charge in [-0.2, -0.15) is 13.2 Å². The first kappa shape index (κ1) is 24.4. The van der Waals surface area contributed by atoms with E-state index in [1.165, 1.54) is 0 Å². The van der Waals surface area contributed by atoms with Crippen LogP contribution in [0.15, 0.2) is 29.4 Å². The van der Waals surface area contributed by atoms with Crippen LogP contribution in [0.2, 0.25) is 10.0 Å². The number of alkyl halides is 3. The van der Waals surface area contributed by atoms with Gasteiger partial charge in [-0.25, -0.2) is 9.97 Å². The molecular weight excluding hydrogens is 470 g/mol. The Labute approximate surface area is 193 Å². The predicted molar refractivity (Wildman–Crippen MR) is 120 cm³/mol. The van der Waals surface area contributed by atoms with E-state index in [0.29, 0.717) is 16.6 Å². The van der Waals surface area contributed by atoms with Crippen LogP contribution in [0.25, 0.3) is 0 Å². The van der Waals surface area contributed by atoms with Crippen molar-refractivity contribution >= 4 is 40.8 Å². The molecule has 3 rings (SSSR count). The molecule has 31 heavy (non-hydrogen) atoms. The van der Waals surface area contributed by atoms with Gasteiger partial charge in [0.05, 0.1) is 10.0 Å². The Morgan fingerprint density at radius 1 is 1.19 bits per heavy atom. The van der Waals surface area contributed by atoms with E-state index in [1.54, 1.807) is 12.3 Å². The van der Waals surface area contributed by atoms with Crippen LogP contribution >= 0.6 is 35.0 Å². The lowest BCUT2D eigenvalue weighted by Gasteiger charge is -2.35. The monoisotopic (exact) mass is 493 g/mol. The molecule has 1 saturated heterocycles. The Bertz CT molecular complexity index is 892. The Morgan fingerprint density at radius 2 is 1.90 bits per heavy atom. The number of aromatic nitrogens is 2. The number of halogens is 5. The summed E-state index contributed by atoms with van der Waals surface area (Å²) in [5.41, 5.74) is 6.49. The van der Waals surface area contributed by atoms with E-state index in [1.807, 2.05) is 12.1 Å². The standard InChI is InChI=1S/C20H24Cl2F3N5S/c1-31-19-28-17(20(23,24)25)9-18(29-19)27-10-16(26)13-4-6-30(7-5-13)11-12-2-3-14(21)15(22)8-12/h2-3,8-9,13,16H,4-7,10-11,26H2,1H3,(H,27,28,29). The van der Waals surface area contributed by atoms with Crippen molar-refractivity contribution in [3.63, 3.8) is 0 Å². The number of likely N-dealkylation sites (tertiary alicyclic amines) is 1. The highest BCUT2D eigenvalue weighted by Gasteiger charge is 2.34. The van der Waals surface area contributed by atoms with Gasteiger partial charge < -0.3 is 11.1 Å². The van der Waals surface area contributed by atoms with Crippen LogP contribution in [0, 0.1) is 5.92 Å². The summed E-state index contributed by atoms with van der Waals surface area (Å²) in [5, 5.41) is 4.12. The van der Waals surface area contributed by atoms with Crippen LogP contribution in [-0.4, -0.2) is 46.8 Å². The van der Waals surface area contributed by atoms with Crippen LogP contribution < -0.4 is 11.1 Å². The van der Waals surface area contributed by atoms with Crippen molar-refractivity contribution in [2.24, 2.45) is 11.7 Å². The fourth-order valence-corrected chi connectivity index (χ4v) is 4.28. The number of nitrogens with zero attached hydrogens (tertiary/aromatic N) is 3. The number of nitrogens with one attached hydrogen (secondary N) is 1. The molecule has 1 aliphatic heterocycles. The zero-order valence-corrected chi connectivity index (χ0v) is 19.3. The molecule has 1 unspecified atom stereocenters. The third kappa shape index (κ3) is 6.86. The molecule has 0 radical (unpaired) electrons. The number of nitrogens with two attached hydrogens (primary N) is 1. The third-order valence-corrected chi connectivity index (χ3v) is 6.61. The van der Waals surface area contributed by atoms with E-state index in [0.717, 1.165) is 55.9 Å². The number of hydrogen-bond acceptors (Lipinski definition) is 6. The minimum atomic E-state index is -4.52. The number of anilines is 1. The van der Waals surface area contributed by atoms with Gasteiger partial charge in [-0.05, 0) is 55.8 Å². The van der Waals surface area contributed by atoms with Crippen molar-refractivity contribution in [2.75, 3.05) is 31.2 Å². The highest BCUT2D eigenvalue weighted by atomic mass is 35.5. The van der Waals surface area contributed by atoms with Crippen molar-refractivity contribution < 1.29 is 13.2 Å². The fraction of sp³-hybridized carbons (Fsp3) is 0.500. The maximum atomic E-state index is 13.0. The zero-order chi connectivity index (χ0) is 22.6. The van der Waals surface area contributed by atoms with Crippen molar-refractivity contribution in [1.29, 1.82) is 0 Å². The first-order chi connectivity index (χ1) is 14.7. The van der Waals surface area contributed by atoms with E-state index < -0.39 is 11.9 Å². The van der Waals surface area contributed by atoms with Gasteiger partial charge in [0.15, 0.2) is 10.9 Å². The molecule has 1 fully saturated rings. The van der Waals surface area contributed by atoms with E-state index in [2.05, 4.69) is 20.2 Å². The van der Waals surface area contributed by atoms with Gasteiger partial charge >= 0.3 is 6.18 Å². The molecule has 3 N–H and O–H groups in total. The third-order valence-electron chi connectivity index (χ3n) is 5.33. The van der Waals surface area contributed by atoms with Gasteiger partial charge in [0.1, 0.15) is 5.82 Å². The van der Waals surface area contributed by atoms with E-state index in [9.17, 15) is 13.2 Å². The molecule has 1 aromatic carbocycles. The maximum Gasteiger partial charge on any atom is 0.433 e. The second kappa shape index (κ2) is 10.6. The van der Waals surface area contributed by atoms with Crippen molar-refractivity contribution in [1.82, 2.24) is 14.9 Å². The summed E-state index contributed by atoms with van der Waals surface area (Å²) in [6.45, 7) is 2.91. The average Bonchev–Trinajstić information content (AvgIpc) is 2.74. The Morgan fingerprint density at radius 3 is 2.52 bits per heavy atom. The summed E-state index contributed by atoms with van der Waals surface area (Å²) in [7, 11) is 0. The van der Waals surface area contributed by atoms with Crippen LogP contribution in [0.1, 0.15) is 24.1 Å². The van der Waals surface area contributed by atoms with Crippen LogP contribution in [-0.2, 0) is 12.7 Å². The van der Waals surface area contributed by atoms with Crippen LogP contribution in [0.5, 0.6) is 0 Å². The SMILES string of the molecule is CSc1nc(NCC(N)C2CCN(Cc3ccc(Cl)c(Cl)c3)CC2)cc(C(F)(F)F)n1. The number of piperidine rings is 1. The van der Waals surface area contributed by atoms with Crippen molar-refractivity contribution in [2.45, 2.75) is 36.8 Å².